The van der Waals surface area contributed by atoms with Gasteiger partial charge in [0.2, 0.25) is 5.91 Å². The van der Waals surface area contributed by atoms with Gasteiger partial charge in [0, 0.05) is 45.7 Å². The molecule has 2 amide bonds. The molecule has 3 heterocycles. The van der Waals surface area contributed by atoms with Crippen molar-refractivity contribution in [2.45, 2.75) is 25.3 Å². The fourth-order valence-corrected chi connectivity index (χ4v) is 5.02. The lowest BCUT2D eigenvalue weighted by atomic mass is 10.0. The van der Waals surface area contributed by atoms with E-state index >= 15 is 0 Å². The second kappa shape index (κ2) is 10.9. The summed E-state index contributed by atoms with van der Waals surface area (Å²) >= 11 is 1.40. The molecule has 2 aliphatic heterocycles. The van der Waals surface area contributed by atoms with Crippen LogP contribution in [-0.2, 0) is 11.2 Å². The van der Waals surface area contributed by atoms with Gasteiger partial charge in [0.15, 0.2) is 0 Å². The Morgan fingerprint density at radius 3 is 2.19 bits per heavy atom. The Labute approximate surface area is 188 Å². The van der Waals surface area contributed by atoms with Crippen molar-refractivity contribution in [3.8, 4) is 0 Å². The molecule has 2 aromatic rings. The highest BCUT2D eigenvalue weighted by atomic mass is 32.1. The van der Waals surface area contributed by atoms with Crippen LogP contribution in [0, 0.1) is 0 Å². The molecule has 6 nitrogen and oxygen atoms in total. The molecule has 1 unspecified atom stereocenters. The summed E-state index contributed by atoms with van der Waals surface area (Å²) in [5, 5.41) is 4.88. The summed E-state index contributed by atoms with van der Waals surface area (Å²) in [6.07, 6.45) is 3.15. The van der Waals surface area contributed by atoms with E-state index in [-0.39, 0.29) is 11.8 Å². The van der Waals surface area contributed by atoms with Crippen LogP contribution in [0.5, 0.6) is 0 Å². The number of carbonyl (C=O) groups is 2. The van der Waals surface area contributed by atoms with Gasteiger partial charge in [0.25, 0.3) is 5.91 Å². The smallest absolute Gasteiger partial charge is 0.262 e. The number of carbonyl (C=O) groups excluding carboxylic acids is 2. The molecule has 0 radical (unpaired) electrons. The van der Waals surface area contributed by atoms with Crippen LogP contribution in [0.3, 0.4) is 0 Å². The third kappa shape index (κ3) is 6.15. The lowest BCUT2D eigenvalue weighted by molar-refractivity contribution is -0.135. The Kier molecular flexibility index (Phi) is 7.72. The van der Waals surface area contributed by atoms with Crippen molar-refractivity contribution in [2.24, 2.45) is 0 Å². The number of benzene rings is 1. The van der Waals surface area contributed by atoms with E-state index in [0.29, 0.717) is 11.3 Å². The van der Waals surface area contributed by atoms with E-state index < -0.39 is 6.04 Å². The Bertz CT molecular complexity index is 829. The fraction of sp³-hybridized carbons (Fsp3) is 0.500. The van der Waals surface area contributed by atoms with Crippen LogP contribution in [0.4, 0.5) is 0 Å². The molecule has 2 aliphatic rings. The van der Waals surface area contributed by atoms with Crippen LogP contribution in [-0.4, -0.2) is 84.9 Å². The SMILES string of the molecule is O=C(NC(Cc1ccccc1)C(=O)N1CCN(CCN2CCCC2)CC1)c1cccs1. The molecule has 0 saturated carbocycles. The number of piperazine rings is 1. The van der Waals surface area contributed by atoms with Crippen molar-refractivity contribution < 1.29 is 9.59 Å². The van der Waals surface area contributed by atoms with Crippen molar-refractivity contribution in [1.29, 1.82) is 0 Å². The fourth-order valence-electron chi connectivity index (χ4n) is 4.39. The lowest BCUT2D eigenvalue weighted by Crippen LogP contribution is -2.56. The van der Waals surface area contributed by atoms with Gasteiger partial charge in [-0.25, -0.2) is 0 Å². The second-order valence-corrected chi connectivity index (χ2v) is 9.36. The van der Waals surface area contributed by atoms with E-state index in [2.05, 4.69) is 15.1 Å². The van der Waals surface area contributed by atoms with E-state index in [4.69, 9.17) is 0 Å². The molecular formula is C24H32N4O2S. The first-order valence-electron chi connectivity index (χ1n) is 11.3. The van der Waals surface area contributed by atoms with Crippen molar-refractivity contribution in [3.05, 3.63) is 58.3 Å². The highest BCUT2D eigenvalue weighted by molar-refractivity contribution is 7.12. The maximum atomic E-state index is 13.4. The molecule has 0 aliphatic carbocycles. The largest absolute Gasteiger partial charge is 0.339 e. The second-order valence-electron chi connectivity index (χ2n) is 8.41. The predicted molar refractivity (Wildman–Crippen MR) is 124 cm³/mol. The van der Waals surface area contributed by atoms with Gasteiger partial charge in [-0.2, -0.15) is 0 Å². The summed E-state index contributed by atoms with van der Waals surface area (Å²) in [5.74, 6) is -0.151. The third-order valence-corrected chi connectivity index (χ3v) is 7.11. The van der Waals surface area contributed by atoms with Crippen LogP contribution in [0.2, 0.25) is 0 Å². The minimum absolute atomic E-state index is 0.0213. The summed E-state index contributed by atoms with van der Waals surface area (Å²) in [6, 6.07) is 13.0. The number of likely N-dealkylation sites (tertiary alicyclic amines) is 1. The standard InChI is InChI=1S/C24H32N4O2S/c29-23(22-9-6-18-31-22)25-21(19-20-7-2-1-3-8-20)24(30)28-16-14-27(15-17-28)13-12-26-10-4-5-11-26/h1-3,6-9,18,21H,4-5,10-17,19H2,(H,25,29). The molecule has 0 bridgehead atoms. The number of hydrogen-bond donors (Lipinski definition) is 1. The first kappa shape index (κ1) is 22.0. The number of rotatable bonds is 8. The quantitative estimate of drug-likeness (QED) is 0.685. The zero-order chi connectivity index (χ0) is 21.5. The monoisotopic (exact) mass is 440 g/mol. The summed E-state index contributed by atoms with van der Waals surface area (Å²) in [4.78, 5) is 33.6. The molecule has 166 valence electrons. The topological polar surface area (TPSA) is 55.9 Å². The average molecular weight is 441 g/mol. The first-order chi connectivity index (χ1) is 15.2. The molecule has 2 saturated heterocycles. The van der Waals surface area contributed by atoms with E-state index in [1.54, 1.807) is 6.07 Å². The molecule has 1 atom stereocenters. The van der Waals surface area contributed by atoms with E-state index in [9.17, 15) is 9.59 Å². The molecular weight excluding hydrogens is 408 g/mol. The number of amides is 2. The minimum atomic E-state index is -0.548. The molecule has 1 N–H and O–H groups in total. The van der Waals surface area contributed by atoms with Crippen molar-refractivity contribution in [2.75, 3.05) is 52.4 Å². The molecule has 2 fully saturated rings. The van der Waals surface area contributed by atoms with Gasteiger partial charge < -0.3 is 15.1 Å². The van der Waals surface area contributed by atoms with Gasteiger partial charge in [-0.1, -0.05) is 36.4 Å². The summed E-state index contributed by atoms with van der Waals surface area (Å²) in [5.41, 5.74) is 1.05. The van der Waals surface area contributed by atoms with Crippen LogP contribution >= 0.6 is 11.3 Å². The van der Waals surface area contributed by atoms with Gasteiger partial charge in [-0.05, 0) is 42.9 Å². The first-order valence-corrected chi connectivity index (χ1v) is 12.2. The Morgan fingerprint density at radius 2 is 1.55 bits per heavy atom. The van der Waals surface area contributed by atoms with Crippen LogP contribution in [0.25, 0.3) is 0 Å². The van der Waals surface area contributed by atoms with Gasteiger partial charge in [-0.15, -0.1) is 11.3 Å². The van der Waals surface area contributed by atoms with Crippen molar-refractivity contribution in [1.82, 2.24) is 20.0 Å². The van der Waals surface area contributed by atoms with Gasteiger partial charge >= 0.3 is 0 Å². The van der Waals surface area contributed by atoms with E-state index in [0.717, 1.165) is 44.8 Å². The number of nitrogens with one attached hydrogen (secondary N) is 1. The van der Waals surface area contributed by atoms with Gasteiger partial charge in [-0.3, -0.25) is 14.5 Å². The van der Waals surface area contributed by atoms with Crippen LogP contribution in [0.15, 0.2) is 47.8 Å². The normalized spacial score (nSPS) is 18.8. The van der Waals surface area contributed by atoms with Crippen molar-refractivity contribution in [3.63, 3.8) is 0 Å². The summed E-state index contributed by atoms with van der Waals surface area (Å²) < 4.78 is 0. The maximum Gasteiger partial charge on any atom is 0.262 e. The van der Waals surface area contributed by atoms with Gasteiger partial charge in [0.05, 0.1) is 4.88 Å². The van der Waals surface area contributed by atoms with Crippen molar-refractivity contribution >= 4 is 23.2 Å². The lowest BCUT2D eigenvalue weighted by Gasteiger charge is -2.37. The Balaban J connectivity index is 1.34. The maximum absolute atomic E-state index is 13.4. The van der Waals surface area contributed by atoms with E-state index in [1.807, 2.05) is 46.7 Å². The summed E-state index contributed by atoms with van der Waals surface area (Å²) in [6.45, 7) is 7.89. The minimum Gasteiger partial charge on any atom is -0.339 e. The Morgan fingerprint density at radius 1 is 0.871 bits per heavy atom. The third-order valence-electron chi connectivity index (χ3n) is 6.25. The number of nitrogens with zero attached hydrogens (tertiary/aromatic N) is 3. The molecule has 1 aromatic carbocycles. The summed E-state index contributed by atoms with van der Waals surface area (Å²) in [7, 11) is 0. The number of thiophene rings is 1. The van der Waals surface area contributed by atoms with Crippen LogP contribution < -0.4 is 5.32 Å². The van der Waals surface area contributed by atoms with Crippen LogP contribution in [0.1, 0.15) is 28.1 Å². The zero-order valence-electron chi connectivity index (χ0n) is 18.0. The predicted octanol–water partition coefficient (Wildman–Crippen LogP) is 2.33. The highest BCUT2D eigenvalue weighted by Gasteiger charge is 2.29. The highest BCUT2D eigenvalue weighted by Crippen LogP contribution is 2.13. The Hall–Kier alpha value is -2.22. The molecule has 31 heavy (non-hydrogen) atoms. The molecule has 0 spiro atoms. The van der Waals surface area contributed by atoms with E-state index in [1.165, 1.54) is 37.3 Å². The zero-order valence-corrected chi connectivity index (χ0v) is 18.9. The average Bonchev–Trinajstić information content (AvgIpc) is 3.52. The molecule has 4 rings (SSSR count). The van der Waals surface area contributed by atoms with Gasteiger partial charge in [0.1, 0.15) is 6.04 Å². The number of hydrogen-bond acceptors (Lipinski definition) is 5. The molecule has 1 aromatic heterocycles. The molecule has 7 heteroatoms.